The Balaban J connectivity index is 1.42. The lowest BCUT2D eigenvalue weighted by atomic mass is 9.83. The molecule has 2 aliphatic heterocycles. The van der Waals surface area contributed by atoms with Gasteiger partial charge in [-0.2, -0.15) is 0 Å². The number of para-hydroxylation sites is 2. The molecule has 2 aliphatic rings. The first-order valence-electron chi connectivity index (χ1n) is 11.2. The molecule has 1 N–H and O–H groups in total. The number of hydrogen-bond donors (Lipinski definition) is 1. The molecule has 31 heavy (non-hydrogen) atoms. The van der Waals surface area contributed by atoms with E-state index in [-0.39, 0.29) is 23.9 Å². The molecule has 0 radical (unpaired) electrons. The highest BCUT2D eigenvalue weighted by molar-refractivity contribution is 5.82. The zero-order valence-corrected chi connectivity index (χ0v) is 17.9. The summed E-state index contributed by atoms with van der Waals surface area (Å²) in [6, 6.07) is 29.5. The van der Waals surface area contributed by atoms with Crippen LogP contribution in [0.4, 0.5) is 11.4 Å². The molecule has 5 rings (SSSR count). The summed E-state index contributed by atoms with van der Waals surface area (Å²) >= 11 is 0. The smallest absolute Gasteiger partial charge is 0.226 e. The summed E-state index contributed by atoms with van der Waals surface area (Å²) < 4.78 is 0. The average molecular weight is 412 g/mol. The van der Waals surface area contributed by atoms with E-state index in [1.54, 1.807) is 0 Å². The number of nitrogens with zero attached hydrogens (tertiary/aromatic N) is 2. The molecule has 0 aromatic heterocycles. The molecule has 4 heteroatoms. The van der Waals surface area contributed by atoms with Crippen molar-refractivity contribution in [3.63, 3.8) is 0 Å². The van der Waals surface area contributed by atoms with Gasteiger partial charge in [-0.15, -0.1) is 0 Å². The van der Waals surface area contributed by atoms with E-state index in [9.17, 15) is 4.79 Å². The number of anilines is 2. The summed E-state index contributed by atoms with van der Waals surface area (Å²) in [6.07, 6.45) is 0.785. The van der Waals surface area contributed by atoms with Gasteiger partial charge < -0.3 is 15.1 Å². The lowest BCUT2D eigenvalue weighted by molar-refractivity contribution is -0.126. The zero-order chi connectivity index (χ0) is 21.2. The molecule has 3 aromatic carbocycles. The van der Waals surface area contributed by atoms with E-state index in [0.29, 0.717) is 0 Å². The van der Waals surface area contributed by atoms with E-state index in [1.165, 1.54) is 16.9 Å². The molecule has 3 aromatic rings. The predicted molar refractivity (Wildman–Crippen MR) is 126 cm³/mol. The largest absolute Gasteiger partial charge is 0.368 e. The van der Waals surface area contributed by atoms with Crippen LogP contribution in [0.15, 0.2) is 84.9 Å². The number of hydrogen-bond acceptors (Lipinski definition) is 3. The minimum atomic E-state index is -0.0763. The van der Waals surface area contributed by atoms with Crippen molar-refractivity contribution in [1.82, 2.24) is 5.32 Å². The monoisotopic (exact) mass is 411 g/mol. The van der Waals surface area contributed by atoms with Crippen molar-refractivity contribution < 1.29 is 4.79 Å². The van der Waals surface area contributed by atoms with E-state index in [2.05, 4.69) is 88.8 Å². The highest BCUT2D eigenvalue weighted by Crippen LogP contribution is 2.37. The van der Waals surface area contributed by atoms with Gasteiger partial charge in [0, 0.05) is 31.0 Å². The molecule has 1 saturated heterocycles. The summed E-state index contributed by atoms with van der Waals surface area (Å²) in [7, 11) is 0. The normalized spacial score (nSPS) is 21.1. The topological polar surface area (TPSA) is 35.6 Å². The van der Waals surface area contributed by atoms with Crippen molar-refractivity contribution in [3.05, 3.63) is 96.1 Å². The summed E-state index contributed by atoms with van der Waals surface area (Å²) in [5.41, 5.74) is 4.94. The van der Waals surface area contributed by atoms with Crippen molar-refractivity contribution in [2.24, 2.45) is 5.92 Å². The van der Waals surface area contributed by atoms with Gasteiger partial charge in [0.25, 0.3) is 0 Å². The maximum Gasteiger partial charge on any atom is 0.226 e. The summed E-state index contributed by atoms with van der Waals surface area (Å²) in [5.74, 6) is 0.0725. The first-order chi connectivity index (χ1) is 15.2. The fourth-order valence-electron chi connectivity index (χ4n) is 5.08. The van der Waals surface area contributed by atoms with Gasteiger partial charge in [0.2, 0.25) is 5.91 Å². The van der Waals surface area contributed by atoms with Gasteiger partial charge in [-0.3, -0.25) is 4.79 Å². The van der Waals surface area contributed by atoms with Gasteiger partial charge >= 0.3 is 0 Å². The molecule has 2 heterocycles. The van der Waals surface area contributed by atoms with Gasteiger partial charge in [-0.05, 0) is 42.7 Å². The summed E-state index contributed by atoms with van der Waals surface area (Å²) in [4.78, 5) is 18.4. The molecule has 0 aliphatic carbocycles. The predicted octanol–water partition coefficient (Wildman–Crippen LogP) is 4.43. The first-order valence-corrected chi connectivity index (χ1v) is 11.2. The Bertz CT molecular complexity index is 1040. The Hall–Kier alpha value is -3.27. The Labute approximate surface area is 184 Å². The Morgan fingerprint density at radius 1 is 0.903 bits per heavy atom. The second-order valence-corrected chi connectivity index (χ2v) is 8.62. The second kappa shape index (κ2) is 8.46. The Morgan fingerprint density at radius 3 is 2.35 bits per heavy atom. The number of fused-ring (bicyclic) bond motifs is 3. The van der Waals surface area contributed by atoms with Crippen molar-refractivity contribution >= 4 is 17.3 Å². The number of carbonyl (C=O) groups excluding carboxylic acids is 1. The van der Waals surface area contributed by atoms with Gasteiger partial charge in [-0.25, -0.2) is 0 Å². The number of piperazine rings is 1. The zero-order valence-electron chi connectivity index (χ0n) is 17.9. The Kier molecular flexibility index (Phi) is 5.37. The van der Waals surface area contributed by atoms with Crippen LogP contribution in [0, 0.1) is 5.92 Å². The maximum absolute atomic E-state index is 13.5. The standard InChI is InChI=1S/C27H29N3O/c1-20(21-10-4-2-5-11-21)28-27(31)24-18-22-12-8-9-15-25(22)30-17-16-29(19-26(24)30)23-13-6-3-7-14-23/h2-15,20,24,26H,16-19H2,1H3,(H,28,31)/t20-,24+,26-/m0/s1. The van der Waals surface area contributed by atoms with Crippen LogP contribution in [0.25, 0.3) is 0 Å². The van der Waals surface area contributed by atoms with Crippen molar-refractivity contribution in [3.8, 4) is 0 Å². The molecule has 0 spiro atoms. The van der Waals surface area contributed by atoms with E-state index in [4.69, 9.17) is 0 Å². The molecule has 0 bridgehead atoms. The molecular weight excluding hydrogens is 382 g/mol. The van der Waals surface area contributed by atoms with Gasteiger partial charge in [-0.1, -0.05) is 66.7 Å². The quantitative estimate of drug-likeness (QED) is 0.690. The molecule has 1 fully saturated rings. The van der Waals surface area contributed by atoms with Crippen molar-refractivity contribution in [2.45, 2.75) is 25.4 Å². The molecule has 0 unspecified atom stereocenters. The number of rotatable bonds is 4. The molecule has 158 valence electrons. The molecule has 0 saturated carbocycles. The van der Waals surface area contributed by atoms with Crippen LogP contribution in [0.3, 0.4) is 0 Å². The molecule has 4 nitrogen and oxygen atoms in total. The number of amides is 1. The highest BCUT2D eigenvalue weighted by Gasteiger charge is 2.41. The van der Waals surface area contributed by atoms with Crippen LogP contribution in [-0.4, -0.2) is 31.6 Å². The van der Waals surface area contributed by atoms with Gasteiger partial charge in [0.15, 0.2) is 0 Å². The minimum Gasteiger partial charge on any atom is -0.368 e. The maximum atomic E-state index is 13.5. The lowest BCUT2D eigenvalue weighted by Crippen LogP contribution is -2.61. The average Bonchev–Trinajstić information content (AvgIpc) is 2.84. The number of carbonyl (C=O) groups is 1. The second-order valence-electron chi connectivity index (χ2n) is 8.62. The van der Waals surface area contributed by atoms with Crippen molar-refractivity contribution in [2.75, 3.05) is 29.4 Å². The van der Waals surface area contributed by atoms with Crippen molar-refractivity contribution in [1.29, 1.82) is 0 Å². The van der Waals surface area contributed by atoms with Gasteiger partial charge in [0.05, 0.1) is 18.0 Å². The molecule has 3 atom stereocenters. The fraction of sp³-hybridized carbons (Fsp3) is 0.296. The van der Waals surface area contributed by atoms with Crippen LogP contribution in [-0.2, 0) is 11.2 Å². The highest BCUT2D eigenvalue weighted by atomic mass is 16.2. The molecule has 1 amide bonds. The third-order valence-electron chi connectivity index (χ3n) is 6.74. The van der Waals surface area contributed by atoms with E-state index >= 15 is 0 Å². The van der Waals surface area contributed by atoms with E-state index in [1.807, 2.05) is 18.2 Å². The fourth-order valence-corrected chi connectivity index (χ4v) is 5.08. The SMILES string of the molecule is C[C@H](NC(=O)[C@@H]1Cc2ccccc2N2CCN(c3ccccc3)C[C@@H]12)c1ccccc1. The van der Waals surface area contributed by atoms with Crippen LogP contribution < -0.4 is 15.1 Å². The minimum absolute atomic E-state index is 0.00635. The van der Waals surface area contributed by atoms with Crippen LogP contribution in [0.1, 0.15) is 24.1 Å². The van der Waals surface area contributed by atoms with Crippen LogP contribution in [0.5, 0.6) is 0 Å². The number of nitrogens with one attached hydrogen (secondary N) is 1. The third kappa shape index (κ3) is 3.90. The van der Waals surface area contributed by atoms with Crippen LogP contribution in [0.2, 0.25) is 0 Å². The van der Waals surface area contributed by atoms with Crippen LogP contribution >= 0.6 is 0 Å². The Morgan fingerprint density at radius 2 is 1.58 bits per heavy atom. The first kappa shape index (κ1) is 19.7. The van der Waals surface area contributed by atoms with E-state index in [0.717, 1.165) is 31.6 Å². The van der Waals surface area contributed by atoms with E-state index < -0.39 is 0 Å². The summed E-state index contributed by atoms with van der Waals surface area (Å²) in [6.45, 7) is 4.81. The summed E-state index contributed by atoms with van der Waals surface area (Å²) in [5, 5.41) is 3.30. The number of benzene rings is 3. The third-order valence-corrected chi connectivity index (χ3v) is 6.74. The molecular formula is C27H29N3O. The van der Waals surface area contributed by atoms with Gasteiger partial charge in [0.1, 0.15) is 0 Å². The lowest BCUT2D eigenvalue weighted by Gasteiger charge is -2.49.